The molecule has 0 unspecified atom stereocenters. The predicted molar refractivity (Wildman–Crippen MR) is 123 cm³/mol. The molecule has 0 fully saturated rings. The highest BCUT2D eigenvalue weighted by atomic mass is 35.5. The van der Waals surface area contributed by atoms with Crippen LogP contribution in [0.25, 0.3) is 0 Å². The molecule has 0 saturated heterocycles. The summed E-state index contributed by atoms with van der Waals surface area (Å²) in [5.41, 5.74) is 1.71. The van der Waals surface area contributed by atoms with Gasteiger partial charge in [0, 0.05) is 31.9 Å². The summed E-state index contributed by atoms with van der Waals surface area (Å²) in [6.07, 6.45) is 0. The fourth-order valence-electron chi connectivity index (χ4n) is 2.57. The van der Waals surface area contributed by atoms with Crippen LogP contribution < -0.4 is 15.4 Å². The number of benzene rings is 3. The second-order valence-electron chi connectivity index (χ2n) is 6.21. The van der Waals surface area contributed by atoms with Gasteiger partial charge in [0.15, 0.2) is 0 Å². The van der Waals surface area contributed by atoms with Crippen LogP contribution in [0, 0.1) is 0 Å². The van der Waals surface area contributed by atoms with Gasteiger partial charge in [-0.3, -0.25) is 9.59 Å². The predicted octanol–water partition coefficient (Wildman–Crippen LogP) is 5.99. The van der Waals surface area contributed by atoms with Gasteiger partial charge in [0.1, 0.15) is 5.75 Å². The van der Waals surface area contributed by atoms with Crippen molar-refractivity contribution >= 4 is 58.2 Å². The van der Waals surface area contributed by atoms with Gasteiger partial charge < -0.3 is 15.4 Å². The summed E-state index contributed by atoms with van der Waals surface area (Å²) in [6.45, 7) is 0. The highest BCUT2D eigenvalue weighted by Gasteiger charge is 2.08. The van der Waals surface area contributed by atoms with Crippen LogP contribution in [0.15, 0.2) is 71.6 Å². The third-order valence-corrected chi connectivity index (χ3v) is 5.41. The Morgan fingerprint density at radius 3 is 2.27 bits per heavy atom. The number of carbonyl (C=O) groups is 2. The van der Waals surface area contributed by atoms with Crippen LogP contribution in [0.2, 0.25) is 10.0 Å². The molecule has 3 aromatic carbocycles. The van der Waals surface area contributed by atoms with E-state index in [0.29, 0.717) is 32.7 Å². The van der Waals surface area contributed by atoms with E-state index in [0.717, 1.165) is 4.90 Å². The molecule has 2 N–H and O–H groups in total. The third kappa shape index (κ3) is 6.42. The molecule has 0 aromatic heterocycles. The lowest BCUT2D eigenvalue weighted by Gasteiger charge is -2.08. The number of thioether (sulfide) groups is 1. The lowest BCUT2D eigenvalue weighted by atomic mass is 10.2. The van der Waals surface area contributed by atoms with Gasteiger partial charge in [0.25, 0.3) is 5.91 Å². The zero-order valence-corrected chi connectivity index (χ0v) is 18.3. The van der Waals surface area contributed by atoms with E-state index in [1.807, 2.05) is 12.1 Å². The Kier molecular flexibility index (Phi) is 7.63. The summed E-state index contributed by atoms with van der Waals surface area (Å²) in [7, 11) is 1.55. The number of hydrogen-bond donors (Lipinski definition) is 2. The van der Waals surface area contributed by atoms with Gasteiger partial charge in [-0.25, -0.2) is 0 Å². The molecule has 154 valence electrons. The number of ether oxygens (including phenoxy) is 1. The largest absolute Gasteiger partial charge is 0.497 e. The van der Waals surface area contributed by atoms with Gasteiger partial charge in [0.2, 0.25) is 5.91 Å². The summed E-state index contributed by atoms with van der Waals surface area (Å²) in [5, 5.41) is 6.51. The molecule has 3 rings (SSSR count). The monoisotopic (exact) mass is 460 g/mol. The molecule has 0 radical (unpaired) electrons. The molecule has 5 nitrogen and oxygen atoms in total. The summed E-state index contributed by atoms with van der Waals surface area (Å²) >= 11 is 13.2. The highest BCUT2D eigenvalue weighted by molar-refractivity contribution is 8.00. The van der Waals surface area contributed by atoms with E-state index in [9.17, 15) is 9.59 Å². The first kappa shape index (κ1) is 22.0. The van der Waals surface area contributed by atoms with Crippen molar-refractivity contribution in [1.82, 2.24) is 0 Å². The smallest absolute Gasteiger partial charge is 0.255 e. The molecule has 0 spiro atoms. The van der Waals surface area contributed by atoms with Crippen molar-refractivity contribution in [1.29, 1.82) is 0 Å². The number of anilines is 2. The maximum Gasteiger partial charge on any atom is 0.255 e. The maximum absolute atomic E-state index is 12.4. The first-order valence-electron chi connectivity index (χ1n) is 8.87. The molecular weight excluding hydrogens is 443 g/mol. The number of methoxy groups -OCH3 is 1. The van der Waals surface area contributed by atoms with E-state index < -0.39 is 0 Å². The van der Waals surface area contributed by atoms with Crippen LogP contribution in [-0.2, 0) is 4.79 Å². The van der Waals surface area contributed by atoms with Gasteiger partial charge >= 0.3 is 0 Å². The number of rotatable bonds is 7. The number of amides is 2. The van der Waals surface area contributed by atoms with Crippen LogP contribution >= 0.6 is 35.0 Å². The molecule has 30 heavy (non-hydrogen) atoms. The zero-order chi connectivity index (χ0) is 21.5. The minimum absolute atomic E-state index is 0.172. The molecule has 0 heterocycles. The first-order valence-corrected chi connectivity index (χ1v) is 10.6. The summed E-state index contributed by atoms with van der Waals surface area (Å²) in [4.78, 5) is 25.4. The van der Waals surface area contributed by atoms with Crippen molar-refractivity contribution in [3.8, 4) is 5.75 Å². The summed E-state index contributed by atoms with van der Waals surface area (Å²) in [6, 6.07) is 19.1. The summed E-state index contributed by atoms with van der Waals surface area (Å²) in [5.74, 6) is 0.440. The molecule has 2 amide bonds. The van der Waals surface area contributed by atoms with E-state index in [1.165, 1.54) is 11.8 Å². The lowest BCUT2D eigenvalue weighted by molar-refractivity contribution is -0.113. The van der Waals surface area contributed by atoms with Crippen molar-refractivity contribution in [3.63, 3.8) is 0 Å². The Morgan fingerprint density at radius 1 is 0.900 bits per heavy atom. The van der Waals surface area contributed by atoms with Gasteiger partial charge in [-0.05, 0) is 60.7 Å². The van der Waals surface area contributed by atoms with Crippen LogP contribution in [0.5, 0.6) is 5.75 Å². The highest BCUT2D eigenvalue weighted by Crippen LogP contribution is 2.24. The number of hydrogen-bond acceptors (Lipinski definition) is 4. The van der Waals surface area contributed by atoms with Crippen molar-refractivity contribution in [2.24, 2.45) is 0 Å². The molecule has 3 aromatic rings. The molecule has 0 saturated carbocycles. The Morgan fingerprint density at radius 2 is 1.60 bits per heavy atom. The van der Waals surface area contributed by atoms with Gasteiger partial charge in [-0.2, -0.15) is 0 Å². The molecule has 8 heteroatoms. The van der Waals surface area contributed by atoms with E-state index in [1.54, 1.807) is 61.7 Å². The Labute approximate surface area is 188 Å². The Balaban J connectivity index is 1.52. The van der Waals surface area contributed by atoms with Gasteiger partial charge in [-0.15, -0.1) is 11.8 Å². The van der Waals surface area contributed by atoms with Gasteiger partial charge in [-0.1, -0.05) is 29.3 Å². The minimum Gasteiger partial charge on any atom is -0.497 e. The number of nitrogens with one attached hydrogen (secondary N) is 2. The molecular formula is C22H18Cl2N2O3S. The average molecular weight is 461 g/mol. The first-order chi connectivity index (χ1) is 14.4. The van der Waals surface area contributed by atoms with Gasteiger partial charge in [0.05, 0.1) is 12.9 Å². The quantitative estimate of drug-likeness (QED) is 0.425. The molecule has 0 aliphatic rings. The van der Waals surface area contributed by atoms with Crippen LogP contribution in [-0.4, -0.2) is 24.7 Å². The van der Waals surface area contributed by atoms with E-state index in [-0.39, 0.29) is 17.6 Å². The molecule has 0 atom stereocenters. The topological polar surface area (TPSA) is 67.4 Å². The second-order valence-corrected chi connectivity index (χ2v) is 8.13. The third-order valence-electron chi connectivity index (χ3n) is 3.96. The number of halogens is 2. The normalized spacial score (nSPS) is 10.4. The second kappa shape index (κ2) is 10.4. The van der Waals surface area contributed by atoms with E-state index in [4.69, 9.17) is 27.9 Å². The number of carbonyl (C=O) groups excluding carboxylic acids is 2. The van der Waals surface area contributed by atoms with Crippen LogP contribution in [0.1, 0.15) is 10.4 Å². The van der Waals surface area contributed by atoms with Crippen molar-refractivity contribution in [3.05, 3.63) is 82.3 Å². The Hall–Kier alpha value is -2.67. The Bertz CT molecular complexity index is 1040. The van der Waals surface area contributed by atoms with Crippen molar-refractivity contribution in [2.45, 2.75) is 4.90 Å². The fraction of sp³-hybridized carbons (Fsp3) is 0.0909. The average Bonchev–Trinajstić information content (AvgIpc) is 2.72. The standard InChI is InChI=1S/C22H18Cl2N2O3S/c1-29-19-4-2-3-14(9-19)22(28)26-17-5-7-20(8-6-17)30-13-21(27)25-18-11-15(23)10-16(24)12-18/h2-12H,13H2,1H3,(H,25,27)(H,26,28). The van der Waals surface area contributed by atoms with E-state index in [2.05, 4.69) is 10.6 Å². The SMILES string of the molecule is COc1cccc(C(=O)Nc2ccc(SCC(=O)Nc3cc(Cl)cc(Cl)c3)cc2)c1. The van der Waals surface area contributed by atoms with Crippen LogP contribution in [0.3, 0.4) is 0 Å². The lowest BCUT2D eigenvalue weighted by Crippen LogP contribution is -2.14. The fourth-order valence-corrected chi connectivity index (χ4v) is 3.80. The van der Waals surface area contributed by atoms with E-state index >= 15 is 0 Å². The molecule has 0 bridgehead atoms. The zero-order valence-electron chi connectivity index (χ0n) is 15.9. The maximum atomic E-state index is 12.4. The minimum atomic E-state index is -0.228. The molecule has 0 aliphatic carbocycles. The van der Waals surface area contributed by atoms with Crippen molar-refractivity contribution < 1.29 is 14.3 Å². The van der Waals surface area contributed by atoms with Crippen molar-refractivity contribution in [2.75, 3.05) is 23.5 Å². The van der Waals surface area contributed by atoms with Crippen LogP contribution in [0.4, 0.5) is 11.4 Å². The summed E-state index contributed by atoms with van der Waals surface area (Å²) < 4.78 is 5.14. The molecule has 0 aliphatic heterocycles.